The minimum absolute atomic E-state index is 0.399. The number of nitrogens with zero attached hydrogens (tertiary/aromatic N) is 6. The zero-order chi connectivity index (χ0) is 24.2. The van der Waals surface area contributed by atoms with Gasteiger partial charge in [0.05, 0.1) is 18.5 Å². The van der Waals surface area contributed by atoms with Crippen LogP contribution in [0, 0.1) is 6.92 Å². The van der Waals surface area contributed by atoms with E-state index in [1.54, 1.807) is 31.8 Å². The number of hydrogen-bond donors (Lipinski definition) is 3. The van der Waals surface area contributed by atoms with Gasteiger partial charge in [-0.25, -0.2) is 24.9 Å². The highest BCUT2D eigenvalue weighted by Gasteiger charge is 2.14. The number of benzene rings is 1. The third-order valence-electron chi connectivity index (χ3n) is 5.47. The maximum atomic E-state index is 5.20. The Morgan fingerprint density at radius 3 is 2.51 bits per heavy atom. The molecule has 0 unspecified atom stereocenters. The molecule has 0 atom stereocenters. The van der Waals surface area contributed by atoms with Crippen molar-refractivity contribution < 1.29 is 4.74 Å². The smallest absolute Gasteiger partial charge is 0.231 e. The molecule has 3 N–H and O–H groups in total. The molecule has 1 aromatic carbocycles. The summed E-state index contributed by atoms with van der Waals surface area (Å²) in [5.41, 5.74) is 3.60. The highest BCUT2D eigenvalue weighted by Crippen LogP contribution is 2.35. The van der Waals surface area contributed by atoms with Crippen molar-refractivity contribution in [2.24, 2.45) is 0 Å². The lowest BCUT2D eigenvalue weighted by atomic mass is 10.0. The predicted octanol–water partition coefficient (Wildman–Crippen LogP) is 4.72. The molecule has 174 valence electrons. The van der Waals surface area contributed by atoms with Gasteiger partial charge in [-0.1, -0.05) is 12.1 Å². The summed E-state index contributed by atoms with van der Waals surface area (Å²) in [6.07, 6.45) is 6.66. The second kappa shape index (κ2) is 9.56. The Morgan fingerprint density at radius 2 is 1.66 bits per heavy atom. The van der Waals surface area contributed by atoms with Gasteiger partial charge in [0.1, 0.15) is 23.8 Å². The predicted molar refractivity (Wildman–Crippen MR) is 136 cm³/mol. The summed E-state index contributed by atoms with van der Waals surface area (Å²) >= 11 is 0. The number of anilines is 5. The normalized spacial score (nSPS) is 10.7. The van der Waals surface area contributed by atoms with Crippen LogP contribution in [0.4, 0.5) is 29.1 Å². The van der Waals surface area contributed by atoms with Crippen molar-refractivity contribution in [3.8, 4) is 17.1 Å². The van der Waals surface area contributed by atoms with E-state index in [0.717, 1.165) is 39.1 Å². The van der Waals surface area contributed by atoms with Gasteiger partial charge in [-0.15, -0.1) is 0 Å². The Hall–Kier alpha value is -4.86. The number of aromatic nitrogens is 6. The van der Waals surface area contributed by atoms with Crippen LogP contribution in [0.5, 0.6) is 5.88 Å². The largest absolute Gasteiger partial charge is 0.481 e. The molecule has 0 bridgehead atoms. The number of pyridine rings is 2. The van der Waals surface area contributed by atoms with E-state index in [9.17, 15) is 0 Å². The van der Waals surface area contributed by atoms with Gasteiger partial charge < -0.3 is 20.7 Å². The first-order valence-corrected chi connectivity index (χ1v) is 10.9. The van der Waals surface area contributed by atoms with Crippen LogP contribution >= 0.6 is 0 Å². The van der Waals surface area contributed by atoms with Crippen LogP contribution in [0.3, 0.4) is 0 Å². The number of hydrogen-bond acceptors (Lipinski definition) is 10. The average Bonchev–Trinajstić information content (AvgIpc) is 2.91. The van der Waals surface area contributed by atoms with Crippen LogP contribution in [0.1, 0.15) is 5.56 Å². The fraction of sp³-hybridized carbons (Fsp3) is 0.120. The zero-order valence-corrected chi connectivity index (χ0v) is 19.4. The molecule has 0 saturated carbocycles. The third-order valence-corrected chi connectivity index (χ3v) is 5.47. The molecule has 35 heavy (non-hydrogen) atoms. The summed E-state index contributed by atoms with van der Waals surface area (Å²) in [7, 11) is 3.39. The first-order chi connectivity index (χ1) is 17.2. The molecule has 0 fully saturated rings. The van der Waals surface area contributed by atoms with Crippen LogP contribution < -0.4 is 20.7 Å². The number of methoxy groups -OCH3 is 1. The molecule has 0 spiro atoms. The van der Waals surface area contributed by atoms with E-state index in [0.29, 0.717) is 23.5 Å². The van der Waals surface area contributed by atoms with E-state index >= 15 is 0 Å². The summed E-state index contributed by atoms with van der Waals surface area (Å²) in [4.78, 5) is 26.4. The van der Waals surface area contributed by atoms with Crippen LogP contribution in [0.2, 0.25) is 0 Å². The Kier molecular flexibility index (Phi) is 6.00. The molecule has 0 saturated heterocycles. The first kappa shape index (κ1) is 22.0. The summed E-state index contributed by atoms with van der Waals surface area (Å²) in [6.45, 7) is 2.05. The van der Waals surface area contributed by atoms with Crippen molar-refractivity contribution in [3.05, 3.63) is 72.9 Å². The molecule has 0 aliphatic rings. The van der Waals surface area contributed by atoms with Gasteiger partial charge in [-0.3, -0.25) is 0 Å². The zero-order valence-electron chi connectivity index (χ0n) is 19.4. The molecule has 0 aliphatic heterocycles. The maximum Gasteiger partial charge on any atom is 0.231 e. The van der Waals surface area contributed by atoms with Gasteiger partial charge in [-0.05, 0) is 30.7 Å². The van der Waals surface area contributed by atoms with Crippen molar-refractivity contribution in [1.82, 2.24) is 29.9 Å². The summed E-state index contributed by atoms with van der Waals surface area (Å²) in [6, 6.07) is 13.5. The average molecular weight is 466 g/mol. The summed E-state index contributed by atoms with van der Waals surface area (Å²) in [5, 5.41) is 11.7. The second-order valence-corrected chi connectivity index (χ2v) is 7.62. The van der Waals surface area contributed by atoms with E-state index in [1.165, 1.54) is 6.33 Å². The van der Waals surface area contributed by atoms with Gasteiger partial charge in [0, 0.05) is 54.1 Å². The van der Waals surface area contributed by atoms with E-state index in [1.807, 2.05) is 50.4 Å². The van der Waals surface area contributed by atoms with Gasteiger partial charge in [-0.2, -0.15) is 4.98 Å². The minimum atomic E-state index is 0.399. The van der Waals surface area contributed by atoms with Crippen molar-refractivity contribution in [1.29, 1.82) is 0 Å². The van der Waals surface area contributed by atoms with Gasteiger partial charge in [0.15, 0.2) is 0 Å². The van der Waals surface area contributed by atoms with Crippen molar-refractivity contribution >= 4 is 39.9 Å². The van der Waals surface area contributed by atoms with Gasteiger partial charge in [0.25, 0.3) is 0 Å². The highest BCUT2D eigenvalue weighted by molar-refractivity contribution is 6.03. The molecule has 0 aliphatic carbocycles. The van der Waals surface area contributed by atoms with Crippen molar-refractivity contribution in [2.45, 2.75) is 6.92 Å². The number of aryl methyl sites for hydroxylation is 1. The minimum Gasteiger partial charge on any atom is -0.481 e. The lowest BCUT2D eigenvalue weighted by Gasteiger charge is -2.16. The number of ether oxygens (including phenoxy) is 1. The molecule has 4 heterocycles. The molecule has 5 rings (SSSR count). The van der Waals surface area contributed by atoms with Gasteiger partial charge >= 0.3 is 0 Å². The quantitative estimate of drug-likeness (QED) is 0.311. The molecule has 0 radical (unpaired) electrons. The molecule has 10 nitrogen and oxygen atoms in total. The SMILES string of the molecule is CNc1cc(-c2cccnc2Nc2c(C)ccc3c(Nc4nccc(OC)n4)nccc23)ncn1. The number of rotatable bonds is 7. The van der Waals surface area contributed by atoms with Crippen LogP contribution in [-0.2, 0) is 0 Å². The fourth-order valence-electron chi connectivity index (χ4n) is 3.72. The maximum absolute atomic E-state index is 5.20. The van der Waals surface area contributed by atoms with Crippen molar-refractivity contribution in [3.63, 3.8) is 0 Å². The fourth-order valence-corrected chi connectivity index (χ4v) is 3.72. The lowest BCUT2D eigenvalue weighted by molar-refractivity contribution is 0.397. The summed E-state index contributed by atoms with van der Waals surface area (Å²) in [5.74, 6) is 2.92. The van der Waals surface area contributed by atoms with E-state index in [2.05, 4.69) is 45.9 Å². The van der Waals surface area contributed by atoms with E-state index in [-0.39, 0.29) is 0 Å². The second-order valence-electron chi connectivity index (χ2n) is 7.62. The lowest BCUT2D eigenvalue weighted by Crippen LogP contribution is -2.03. The summed E-state index contributed by atoms with van der Waals surface area (Å²) < 4.78 is 5.20. The monoisotopic (exact) mass is 465 g/mol. The standard InChI is InChI=1S/C25H23N9O/c1-15-6-7-17-16(8-11-28-23(17)34-25-29-12-9-21(32-25)35-3)22(15)33-24-18(5-4-10-27-24)19-13-20(26-2)31-14-30-19/h4-14H,1-3H3,(H,27,33)(H,26,30,31)(H,28,29,32,34). The van der Waals surface area contributed by atoms with Crippen molar-refractivity contribution in [2.75, 3.05) is 30.1 Å². The molecule has 0 amide bonds. The van der Waals surface area contributed by atoms with Gasteiger partial charge in [0.2, 0.25) is 11.8 Å². The van der Waals surface area contributed by atoms with Crippen LogP contribution in [-0.4, -0.2) is 44.1 Å². The molecule has 4 aromatic heterocycles. The molecule has 5 aromatic rings. The highest BCUT2D eigenvalue weighted by atomic mass is 16.5. The number of fused-ring (bicyclic) bond motifs is 1. The van der Waals surface area contributed by atoms with E-state index < -0.39 is 0 Å². The Labute approximate surface area is 201 Å². The first-order valence-electron chi connectivity index (χ1n) is 10.9. The molecule has 10 heteroatoms. The molecular weight excluding hydrogens is 442 g/mol. The van der Waals surface area contributed by atoms with Crippen LogP contribution in [0.25, 0.3) is 22.0 Å². The topological polar surface area (TPSA) is 123 Å². The Balaban J connectivity index is 1.56. The van der Waals surface area contributed by atoms with Crippen LogP contribution in [0.15, 0.2) is 67.4 Å². The number of nitrogens with one attached hydrogen (secondary N) is 3. The van der Waals surface area contributed by atoms with E-state index in [4.69, 9.17) is 4.74 Å². The Morgan fingerprint density at radius 1 is 0.800 bits per heavy atom. The Bertz CT molecular complexity index is 1510. The molecular formula is C25H23N9O. The third kappa shape index (κ3) is 4.49.